The molecule has 1 saturated heterocycles. The van der Waals surface area contributed by atoms with Crippen molar-refractivity contribution < 1.29 is 24.3 Å². The van der Waals surface area contributed by atoms with Crippen LogP contribution in [0.5, 0.6) is 0 Å². The van der Waals surface area contributed by atoms with Gasteiger partial charge in [0.05, 0.1) is 0 Å². The summed E-state index contributed by atoms with van der Waals surface area (Å²) in [6, 6.07) is 4.58. The van der Waals surface area contributed by atoms with Gasteiger partial charge in [0.2, 0.25) is 11.8 Å². The minimum absolute atomic E-state index is 0.0109. The highest BCUT2D eigenvalue weighted by atomic mass is 16.4. The number of nitrogens with one attached hydrogen (secondary N) is 1. The highest BCUT2D eigenvalue weighted by Crippen LogP contribution is 2.30. The number of hydrogen-bond acceptors (Lipinski definition) is 4. The van der Waals surface area contributed by atoms with E-state index in [1.54, 1.807) is 12.1 Å². The van der Waals surface area contributed by atoms with Crippen molar-refractivity contribution in [3.05, 3.63) is 34.9 Å². The van der Waals surface area contributed by atoms with E-state index in [4.69, 9.17) is 5.11 Å². The van der Waals surface area contributed by atoms with Gasteiger partial charge in [-0.3, -0.25) is 24.5 Å². The predicted octanol–water partition coefficient (Wildman–Crippen LogP) is 0.855. The van der Waals surface area contributed by atoms with E-state index in [9.17, 15) is 19.2 Å². The van der Waals surface area contributed by atoms with E-state index in [0.717, 1.165) is 11.1 Å². The number of amides is 3. The smallest absolute Gasteiger partial charge is 0.303 e. The molecule has 7 nitrogen and oxygen atoms in total. The van der Waals surface area contributed by atoms with Gasteiger partial charge in [0.1, 0.15) is 6.04 Å². The Hall–Kier alpha value is -2.70. The van der Waals surface area contributed by atoms with Crippen LogP contribution in [0.3, 0.4) is 0 Å². The van der Waals surface area contributed by atoms with Crippen LogP contribution in [0.2, 0.25) is 0 Å². The number of rotatable bonds is 4. The summed E-state index contributed by atoms with van der Waals surface area (Å²) in [7, 11) is 0. The molecule has 1 atom stereocenters. The summed E-state index contributed by atoms with van der Waals surface area (Å²) in [5.74, 6) is -1.88. The largest absolute Gasteiger partial charge is 0.481 e. The molecule has 24 heavy (non-hydrogen) atoms. The highest BCUT2D eigenvalue weighted by Gasteiger charge is 2.38. The van der Waals surface area contributed by atoms with Gasteiger partial charge >= 0.3 is 5.97 Å². The van der Waals surface area contributed by atoms with Gasteiger partial charge in [0.25, 0.3) is 5.91 Å². The summed E-state index contributed by atoms with van der Waals surface area (Å²) in [6.45, 7) is 0.274. The fourth-order valence-electron chi connectivity index (χ4n) is 3.31. The van der Waals surface area contributed by atoms with Crippen LogP contribution >= 0.6 is 0 Å². The molecule has 2 aliphatic heterocycles. The summed E-state index contributed by atoms with van der Waals surface area (Å²) in [6.07, 6.45) is 1.61. The minimum atomic E-state index is -0.893. The topological polar surface area (TPSA) is 104 Å². The predicted molar refractivity (Wildman–Crippen MR) is 83.1 cm³/mol. The average Bonchev–Trinajstić information content (AvgIpc) is 2.76. The number of carboxylic acids is 1. The van der Waals surface area contributed by atoms with Gasteiger partial charge in [-0.25, -0.2) is 0 Å². The molecule has 1 aromatic carbocycles. The Morgan fingerprint density at radius 1 is 1.29 bits per heavy atom. The Labute approximate surface area is 138 Å². The third-order valence-corrected chi connectivity index (χ3v) is 4.52. The zero-order chi connectivity index (χ0) is 17.3. The van der Waals surface area contributed by atoms with Gasteiger partial charge in [-0.15, -0.1) is 0 Å². The van der Waals surface area contributed by atoms with Gasteiger partial charge < -0.3 is 10.0 Å². The molecule has 0 spiro atoms. The van der Waals surface area contributed by atoms with Crippen LogP contribution in [-0.4, -0.2) is 39.7 Å². The molecular weight excluding hydrogens is 312 g/mol. The molecule has 1 fully saturated rings. The first-order valence-corrected chi connectivity index (χ1v) is 7.94. The number of aliphatic carboxylic acids is 1. The Morgan fingerprint density at radius 2 is 2.08 bits per heavy atom. The molecule has 3 rings (SSSR count). The van der Waals surface area contributed by atoms with E-state index in [-0.39, 0.29) is 31.2 Å². The molecule has 2 aliphatic rings. The standard InChI is InChI=1S/C17H18N2O5/c20-14-6-2-5-13(16(23)18-14)19-9-12-10(7-8-15(21)22)3-1-4-11(12)17(19)24/h1,3-4,13H,2,5-9H2,(H,21,22)(H,18,20,23). The molecule has 0 aliphatic carbocycles. The lowest BCUT2D eigenvalue weighted by Gasteiger charge is -2.24. The second kappa shape index (κ2) is 6.43. The van der Waals surface area contributed by atoms with Gasteiger partial charge in [-0.1, -0.05) is 12.1 Å². The zero-order valence-corrected chi connectivity index (χ0v) is 13.1. The first-order chi connectivity index (χ1) is 11.5. The van der Waals surface area contributed by atoms with Crippen LogP contribution in [-0.2, 0) is 27.3 Å². The van der Waals surface area contributed by atoms with E-state index < -0.39 is 17.9 Å². The van der Waals surface area contributed by atoms with Crippen LogP contribution in [0.1, 0.15) is 47.2 Å². The molecule has 0 bridgehead atoms. The summed E-state index contributed by atoms with van der Waals surface area (Å²) in [5, 5.41) is 11.2. The number of carbonyl (C=O) groups excluding carboxylic acids is 3. The molecule has 3 amide bonds. The van der Waals surface area contributed by atoms with Crippen molar-refractivity contribution in [1.29, 1.82) is 0 Å². The summed E-state index contributed by atoms with van der Waals surface area (Å²) < 4.78 is 0. The molecule has 2 N–H and O–H groups in total. The average molecular weight is 330 g/mol. The van der Waals surface area contributed by atoms with E-state index in [0.29, 0.717) is 24.8 Å². The molecular formula is C17H18N2O5. The van der Waals surface area contributed by atoms with Crippen LogP contribution in [0.4, 0.5) is 0 Å². The van der Waals surface area contributed by atoms with Gasteiger partial charge in [-0.05, 0) is 36.5 Å². The first kappa shape index (κ1) is 16.2. The third-order valence-electron chi connectivity index (χ3n) is 4.52. The second-order valence-corrected chi connectivity index (χ2v) is 6.09. The first-order valence-electron chi connectivity index (χ1n) is 7.94. The van der Waals surface area contributed by atoms with Crippen LogP contribution < -0.4 is 5.32 Å². The number of imide groups is 1. The van der Waals surface area contributed by atoms with Crippen molar-refractivity contribution >= 4 is 23.7 Å². The van der Waals surface area contributed by atoms with Crippen molar-refractivity contribution in [2.45, 2.75) is 44.7 Å². The van der Waals surface area contributed by atoms with Crippen molar-refractivity contribution in [3.63, 3.8) is 0 Å². The zero-order valence-electron chi connectivity index (χ0n) is 13.1. The van der Waals surface area contributed by atoms with Crippen molar-refractivity contribution in [2.24, 2.45) is 0 Å². The molecule has 1 aromatic rings. The number of carbonyl (C=O) groups is 4. The number of hydrogen-bond donors (Lipinski definition) is 2. The molecule has 1 unspecified atom stereocenters. The fraction of sp³-hybridized carbons (Fsp3) is 0.412. The Bertz CT molecular complexity index is 728. The molecule has 0 aromatic heterocycles. The van der Waals surface area contributed by atoms with Crippen molar-refractivity contribution in [1.82, 2.24) is 10.2 Å². The quantitative estimate of drug-likeness (QED) is 0.797. The van der Waals surface area contributed by atoms with E-state index in [1.165, 1.54) is 4.90 Å². The van der Waals surface area contributed by atoms with Crippen LogP contribution in [0.25, 0.3) is 0 Å². The maximum atomic E-state index is 12.7. The summed E-state index contributed by atoms with van der Waals surface area (Å²) in [4.78, 5) is 48.6. The maximum Gasteiger partial charge on any atom is 0.303 e. The number of carboxylic acid groups (broad SMARTS) is 1. The number of nitrogens with zero attached hydrogens (tertiary/aromatic N) is 1. The molecule has 7 heteroatoms. The molecule has 0 saturated carbocycles. The molecule has 2 heterocycles. The second-order valence-electron chi connectivity index (χ2n) is 6.09. The van der Waals surface area contributed by atoms with E-state index >= 15 is 0 Å². The van der Waals surface area contributed by atoms with Gasteiger partial charge in [0.15, 0.2) is 0 Å². The van der Waals surface area contributed by atoms with Crippen LogP contribution in [0.15, 0.2) is 18.2 Å². The third kappa shape index (κ3) is 3.02. The highest BCUT2D eigenvalue weighted by molar-refractivity contribution is 6.04. The number of aryl methyl sites for hydroxylation is 1. The number of fused-ring (bicyclic) bond motifs is 1. The molecule has 0 radical (unpaired) electrons. The van der Waals surface area contributed by atoms with Crippen molar-refractivity contribution in [3.8, 4) is 0 Å². The van der Waals surface area contributed by atoms with Gasteiger partial charge in [0, 0.05) is 24.9 Å². The Morgan fingerprint density at radius 3 is 2.83 bits per heavy atom. The maximum absolute atomic E-state index is 12.7. The minimum Gasteiger partial charge on any atom is -0.481 e. The Kier molecular flexibility index (Phi) is 4.33. The SMILES string of the molecule is O=C(O)CCc1cccc2c1CN(C1CCCC(=O)NC1=O)C2=O. The van der Waals surface area contributed by atoms with Gasteiger partial charge in [-0.2, -0.15) is 0 Å². The summed E-state index contributed by atoms with van der Waals surface area (Å²) >= 11 is 0. The monoisotopic (exact) mass is 330 g/mol. The fourth-order valence-corrected chi connectivity index (χ4v) is 3.31. The normalized spacial score (nSPS) is 20.6. The van der Waals surface area contributed by atoms with E-state index in [1.807, 2.05) is 6.07 Å². The lowest BCUT2D eigenvalue weighted by atomic mass is 9.99. The Balaban J connectivity index is 1.85. The lowest BCUT2D eigenvalue weighted by molar-refractivity contribution is -0.137. The number of benzene rings is 1. The lowest BCUT2D eigenvalue weighted by Crippen LogP contribution is -2.46. The van der Waals surface area contributed by atoms with Crippen LogP contribution in [0, 0.1) is 0 Å². The van der Waals surface area contributed by atoms with Crippen molar-refractivity contribution in [2.75, 3.05) is 0 Å². The summed E-state index contributed by atoms with van der Waals surface area (Å²) in [5.41, 5.74) is 2.12. The van der Waals surface area contributed by atoms with E-state index in [2.05, 4.69) is 5.32 Å². The molecule has 126 valence electrons.